The van der Waals surface area contributed by atoms with Gasteiger partial charge in [-0.25, -0.2) is 19.8 Å². The van der Waals surface area contributed by atoms with E-state index < -0.39 is 42.5 Å². The first-order valence-corrected chi connectivity index (χ1v) is 7.00. The Morgan fingerprint density at radius 3 is 2.22 bits per heavy atom. The Hall–Kier alpha value is -2.07. The highest BCUT2D eigenvalue weighted by Gasteiger charge is 2.40. The van der Waals surface area contributed by atoms with Crippen molar-refractivity contribution in [3.05, 3.63) is 0 Å². The summed E-state index contributed by atoms with van der Waals surface area (Å²) < 4.78 is 9.77. The number of aliphatic hydroxyl groups is 2. The van der Waals surface area contributed by atoms with Gasteiger partial charge < -0.3 is 24.8 Å². The molecule has 0 heterocycles. The lowest BCUT2D eigenvalue weighted by Crippen LogP contribution is -2.60. The number of ether oxygens (including phenoxy) is 2. The Morgan fingerprint density at radius 1 is 1.26 bits per heavy atom. The molecule has 23 heavy (non-hydrogen) atoms. The highest BCUT2D eigenvalue weighted by Crippen LogP contribution is 2.15. The van der Waals surface area contributed by atoms with Gasteiger partial charge >= 0.3 is 18.2 Å². The van der Waals surface area contributed by atoms with Gasteiger partial charge in [0.05, 0.1) is 12.7 Å². The molecule has 2 atom stereocenters. The average molecular weight is 336 g/mol. The molecule has 0 aromatic heterocycles. The summed E-state index contributed by atoms with van der Waals surface area (Å²) in [5, 5.41) is 28.1. The number of hydrogen-bond donors (Lipinski definition) is 4. The zero-order chi connectivity index (χ0) is 18.2. The van der Waals surface area contributed by atoms with Crippen molar-refractivity contribution in [2.45, 2.75) is 51.9 Å². The molecule has 0 saturated carbocycles. The van der Waals surface area contributed by atoms with E-state index in [-0.39, 0.29) is 13.0 Å². The molecule has 0 aromatic carbocycles. The van der Waals surface area contributed by atoms with Gasteiger partial charge in [0.25, 0.3) is 0 Å². The summed E-state index contributed by atoms with van der Waals surface area (Å²) in [4.78, 5) is 35.1. The molecule has 0 aliphatic rings. The van der Waals surface area contributed by atoms with E-state index in [0.29, 0.717) is 5.01 Å². The fraction of sp³-hybridized carbons (Fsp3) is 0.769. The van der Waals surface area contributed by atoms with E-state index in [1.807, 2.05) is 0 Å². The van der Waals surface area contributed by atoms with E-state index in [2.05, 4.69) is 0 Å². The van der Waals surface area contributed by atoms with Crippen LogP contribution < -0.4 is 5.43 Å². The van der Waals surface area contributed by atoms with Gasteiger partial charge in [0.2, 0.25) is 0 Å². The molecule has 0 bridgehead atoms. The van der Waals surface area contributed by atoms with Crippen LogP contribution in [0.5, 0.6) is 0 Å². The molecule has 0 radical (unpaired) electrons. The quantitative estimate of drug-likeness (QED) is 0.394. The van der Waals surface area contributed by atoms with Gasteiger partial charge in [-0.1, -0.05) is 0 Å². The van der Waals surface area contributed by atoms with Gasteiger partial charge in [-0.15, -0.1) is 0 Å². The van der Waals surface area contributed by atoms with E-state index in [1.54, 1.807) is 26.2 Å². The fourth-order valence-electron chi connectivity index (χ4n) is 1.60. The van der Waals surface area contributed by atoms with Gasteiger partial charge in [0, 0.05) is 6.61 Å². The lowest BCUT2D eigenvalue weighted by Gasteiger charge is -2.33. The molecule has 0 fully saturated rings. The number of hydrogen-bond acceptors (Lipinski definition) is 7. The van der Waals surface area contributed by atoms with Gasteiger partial charge in [-0.05, 0) is 34.1 Å². The summed E-state index contributed by atoms with van der Waals surface area (Å²) in [7, 11) is 0. The number of nitrogens with one attached hydrogen (secondary N) is 1. The van der Waals surface area contributed by atoms with Crippen LogP contribution in [0, 0.1) is 0 Å². The molecule has 134 valence electrons. The molecule has 0 aliphatic heterocycles. The highest BCUT2D eigenvalue weighted by atomic mass is 16.6. The van der Waals surface area contributed by atoms with Crippen molar-refractivity contribution < 1.29 is 39.2 Å². The second-order valence-corrected chi connectivity index (χ2v) is 5.54. The zero-order valence-electron chi connectivity index (χ0n) is 13.6. The summed E-state index contributed by atoms with van der Waals surface area (Å²) in [5.41, 5.74) is 0.752. The molecule has 0 aliphatic carbocycles. The van der Waals surface area contributed by atoms with Crippen LogP contribution in [-0.2, 0) is 14.3 Å². The SMILES string of the molecule is CCOC(=O)C(C(O)CCO)N(NC(=O)O)C(=O)OC(C)(C)C. The maximum atomic E-state index is 12.1. The lowest BCUT2D eigenvalue weighted by atomic mass is 10.1. The first-order valence-electron chi connectivity index (χ1n) is 7.00. The summed E-state index contributed by atoms with van der Waals surface area (Å²) >= 11 is 0. The number of carbonyl (C=O) groups excluding carboxylic acids is 2. The largest absolute Gasteiger partial charge is 0.464 e. The monoisotopic (exact) mass is 336 g/mol. The molecule has 0 spiro atoms. The van der Waals surface area contributed by atoms with E-state index in [1.165, 1.54) is 6.92 Å². The normalized spacial score (nSPS) is 13.7. The first kappa shape index (κ1) is 20.9. The van der Waals surface area contributed by atoms with Gasteiger partial charge in [0.15, 0.2) is 6.04 Å². The summed E-state index contributed by atoms with van der Waals surface area (Å²) in [6.45, 7) is 5.63. The fourth-order valence-corrected chi connectivity index (χ4v) is 1.60. The van der Waals surface area contributed by atoms with E-state index in [9.17, 15) is 19.5 Å². The third-order valence-electron chi connectivity index (χ3n) is 2.40. The standard InChI is InChI=1S/C13H24N2O8/c1-5-22-10(18)9(8(17)6-7-16)15(14-11(19)20)12(21)23-13(2,3)4/h8-9,14,16-17H,5-7H2,1-4H3,(H,19,20). The van der Waals surface area contributed by atoms with Crippen LogP contribution in [0.1, 0.15) is 34.1 Å². The molecular weight excluding hydrogens is 312 g/mol. The number of aliphatic hydroxyl groups excluding tert-OH is 2. The third-order valence-corrected chi connectivity index (χ3v) is 2.40. The number of carbonyl (C=O) groups is 3. The lowest BCUT2D eigenvalue weighted by molar-refractivity contribution is -0.155. The van der Waals surface area contributed by atoms with Crippen molar-refractivity contribution in [1.29, 1.82) is 0 Å². The minimum Gasteiger partial charge on any atom is -0.464 e. The Morgan fingerprint density at radius 2 is 1.83 bits per heavy atom. The van der Waals surface area contributed by atoms with E-state index in [4.69, 9.17) is 19.7 Å². The van der Waals surface area contributed by atoms with Crippen LogP contribution in [0.15, 0.2) is 0 Å². The van der Waals surface area contributed by atoms with Crippen LogP contribution in [0.25, 0.3) is 0 Å². The summed E-state index contributed by atoms with van der Waals surface area (Å²) in [6, 6.07) is -1.70. The molecule has 10 heteroatoms. The van der Waals surface area contributed by atoms with Gasteiger partial charge in [0.1, 0.15) is 5.60 Å². The van der Waals surface area contributed by atoms with Crippen LogP contribution >= 0.6 is 0 Å². The smallest absolute Gasteiger partial charge is 0.430 e. The molecule has 0 saturated heterocycles. The topological polar surface area (TPSA) is 146 Å². The zero-order valence-corrected chi connectivity index (χ0v) is 13.6. The van der Waals surface area contributed by atoms with Crippen molar-refractivity contribution in [2.24, 2.45) is 0 Å². The van der Waals surface area contributed by atoms with Gasteiger partial charge in [-0.3, -0.25) is 0 Å². The number of amides is 2. The van der Waals surface area contributed by atoms with Crippen molar-refractivity contribution >= 4 is 18.2 Å². The molecule has 2 amide bonds. The maximum absolute atomic E-state index is 12.1. The minimum absolute atomic E-state index is 0.0452. The van der Waals surface area contributed by atoms with Crippen molar-refractivity contribution in [1.82, 2.24) is 10.4 Å². The van der Waals surface area contributed by atoms with Crippen LogP contribution in [0.2, 0.25) is 0 Å². The van der Waals surface area contributed by atoms with Crippen molar-refractivity contribution in [2.75, 3.05) is 13.2 Å². The van der Waals surface area contributed by atoms with Crippen LogP contribution in [0.4, 0.5) is 9.59 Å². The Balaban J connectivity index is 5.56. The molecule has 0 rings (SSSR count). The third kappa shape index (κ3) is 7.66. The highest BCUT2D eigenvalue weighted by molar-refractivity contribution is 5.83. The van der Waals surface area contributed by atoms with Crippen molar-refractivity contribution in [3.63, 3.8) is 0 Å². The second kappa shape index (κ2) is 9.16. The number of hydrazine groups is 1. The van der Waals surface area contributed by atoms with Crippen LogP contribution in [-0.4, -0.2) is 69.4 Å². The summed E-state index contributed by atoms with van der Waals surface area (Å²) in [5.74, 6) is -1.03. The summed E-state index contributed by atoms with van der Waals surface area (Å²) in [6.07, 6.45) is -4.65. The number of nitrogens with zero attached hydrogens (tertiary/aromatic N) is 1. The first-order chi connectivity index (χ1) is 10.5. The van der Waals surface area contributed by atoms with Crippen molar-refractivity contribution in [3.8, 4) is 0 Å². The molecule has 0 aromatic rings. The Kier molecular flexibility index (Phi) is 8.33. The van der Waals surface area contributed by atoms with E-state index in [0.717, 1.165) is 0 Å². The molecule has 10 nitrogen and oxygen atoms in total. The van der Waals surface area contributed by atoms with Gasteiger partial charge in [-0.2, -0.15) is 5.01 Å². The minimum atomic E-state index is -1.70. The maximum Gasteiger partial charge on any atom is 0.430 e. The van der Waals surface area contributed by atoms with E-state index >= 15 is 0 Å². The Labute approximate surface area is 133 Å². The number of esters is 1. The molecule has 2 unspecified atom stereocenters. The predicted octanol–water partition coefficient (Wildman–Crippen LogP) is 0.0811. The predicted molar refractivity (Wildman–Crippen MR) is 77.4 cm³/mol. The Bertz CT molecular complexity index is 421. The molecule has 4 N–H and O–H groups in total. The average Bonchev–Trinajstić information content (AvgIpc) is 2.36. The number of rotatable bonds is 6. The van der Waals surface area contributed by atoms with Crippen LogP contribution in [0.3, 0.4) is 0 Å². The number of carboxylic acid groups (broad SMARTS) is 1. The second-order valence-electron chi connectivity index (χ2n) is 5.54. The molecular formula is C13H24N2O8.